The second-order valence-corrected chi connectivity index (χ2v) is 6.08. The first-order valence-corrected chi connectivity index (χ1v) is 8.03. The van der Waals surface area contributed by atoms with Crippen LogP contribution in [0.3, 0.4) is 0 Å². The van der Waals surface area contributed by atoms with Crippen LogP contribution in [0.1, 0.15) is 19.8 Å². The SMILES string of the molecule is CCCN(CC(=O)Nc1cc(Cl)ccc1Cl)C1CCNC1=O. The third-order valence-corrected chi connectivity index (χ3v) is 4.09. The molecule has 0 spiro atoms. The number of nitrogens with zero attached hydrogens (tertiary/aromatic N) is 1. The highest BCUT2D eigenvalue weighted by molar-refractivity contribution is 6.35. The Hall–Kier alpha value is -1.30. The molecule has 1 unspecified atom stereocenters. The fourth-order valence-corrected chi connectivity index (χ4v) is 2.87. The average molecular weight is 344 g/mol. The predicted molar refractivity (Wildman–Crippen MR) is 88.4 cm³/mol. The summed E-state index contributed by atoms with van der Waals surface area (Å²) in [5.41, 5.74) is 0.478. The van der Waals surface area contributed by atoms with Gasteiger partial charge in [-0.25, -0.2) is 0 Å². The number of carbonyl (C=O) groups excluding carboxylic acids is 2. The van der Waals surface area contributed by atoms with E-state index >= 15 is 0 Å². The molecule has 2 N–H and O–H groups in total. The molecule has 1 aromatic rings. The zero-order chi connectivity index (χ0) is 16.1. The Kier molecular flexibility index (Phi) is 6.06. The number of amides is 2. The van der Waals surface area contributed by atoms with Crippen molar-refractivity contribution in [2.24, 2.45) is 0 Å². The van der Waals surface area contributed by atoms with Gasteiger partial charge in [0.2, 0.25) is 11.8 Å². The molecule has 1 atom stereocenters. The number of rotatable bonds is 6. The van der Waals surface area contributed by atoms with E-state index in [4.69, 9.17) is 23.2 Å². The molecule has 120 valence electrons. The van der Waals surface area contributed by atoms with E-state index in [1.807, 2.05) is 11.8 Å². The summed E-state index contributed by atoms with van der Waals surface area (Å²) in [7, 11) is 0. The predicted octanol–water partition coefficient (Wildman–Crippen LogP) is 2.53. The summed E-state index contributed by atoms with van der Waals surface area (Å²) in [6, 6.07) is 4.66. The molecule has 1 heterocycles. The molecule has 1 aliphatic heterocycles. The van der Waals surface area contributed by atoms with Crippen LogP contribution in [-0.4, -0.2) is 42.4 Å². The quantitative estimate of drug-likeness (QED) is 0.834. The van der Waals surface area contributed by atoms with Gasteiger partial charge in [-0.3, -0.25) is 14.5 Å². The largest absolute Gasteiger partial charge is 0.355 e. The van der Waals surface area contributed by atoms with E-state index in [1.54, 1.807) is 18.2 Å². The first kappa shape index (κ1) is 17.1. The van der Waals surface area contributed by atoms with Gasteiger partial charge in [0.25, 0.3) is 0 Å². The molecule has 2 rings (SSSR count). The molecule has 0 saturated carbocycles. The van der Waals surface area contributed by atoms with Crippen molar-refractivity contribution in [1.82, 2.24) is 10.2 Å². The minimum absolute atomic E-state index is 0.0120. The molecule has 2 amide bonds. The molecular weight excluding hydrogens is 325 g/mol. The summed E-state index contributed by atoms with van der Waals surface area (Å²) in [5, 5.41) is 6.48. The van der Waals surface area contributed by atoms with Crippen molar-refractivity contribution in [2.45, 2.75) is 25.8 Å². The molecule has 0 aliphatic carbocycles. The summed E-state index contributed by atoms with van der Waals surface area (Å²) in [6.45, 7) is 3.51. The maximum atomic E-state index is 12.2. The number of anilines is 1. The Bertz CT molecular complexity index is 566. The molecule has 0 bridgehead atoms. The molecule has 0 aromatic heterocycles. The number of hydrogen-bond donors (Lipinski definition) is 2. The summed E-state index contributed by atoms with van der Waals surface area (Å²) in [4.78, 5) is 25.9. The maximum absolute atomic E-state index is 12.2. The molecule has 1 aliphatic rings. The second-order valence-electron chi connectivity index (χ2n) is 5.24. The lowest BCUT2D eigenvalue weighted by Gasteiger charge is -2.25. The van der Waals surface area contributed by atoms with Gasteiger partial charge in [0.1, 0.15) is 0 Å². The van der Waals surface area contributed by atoms with Gasteiger partial charge in [0.05, 0.1) is 23.3 Å². The van der Waals surface area contributed by atoms with E-state index in [2.05, 4.69) is 10.6 Å². The van der Waals surface area contributed by atoms with Gasteiger partial charge < -0.3 is 10.6 Å². The number of carbonyl (C=O) groups is 2. The Morgan fingerprint density at radius 2 is 2.23 bits per heavy atom. The molecule has 1 saturated heterocycles. The normalized spacial score (nSPS) is 17.6. The van der Waals surface area contributed by atoms with E-state index in [-0.39, 0.29) is 24.4 Å². The van der Waals surface area contributed by atoms with Crippen LogP contribution >= 0.6 is 23.2 Å². The highest BCUT2D eigenvalue weighted by Crippen LogP contribution is 2.25. The van der Waals surface area contributed by atoms with Gasteiger partial charge in [-0.05, 0) is 37.6 Å². The molecule has 1 fully saturated rings. The monoisotopic (exact) mass is 343 g/mol. The van der Waals surface area contributed by atoms with Crippen LogP contribution in [0.2, 0.25) is 10.0 Å². The van der Waals surface area contributed by atoms with Gasteiger partial charge >= 0.3 is 0 Å². The van der Waals surface area contributed by atoms with Gasteiger partial charge in [-0.15, -0.1) is 0 Å². The van der Waals surface area contributed by atoms with E-state index in [9.17, 15) is 9.59 Å². The topological polar surface area (TPSA) is 61.4 Å². The van der Waals surface area contributed by atoms with Crippen molar-refractivity contribution in [2.75, 3.05) is 25.0 Å². The molecule has 0 radical (unpaired) electrons. The van der Waals surface area contributed by atoms with Crippen LogP contribution in [0.5, 0.6) is 0 Å². The van der Waals surface area contributed by atoms with Gasteiger partial charge in [-0.1, -0.05) is 30.1 Å². The standard InChI is InChI=1S/C15H19Cl2N3O2/c1-2-7-20(13-5-6-18-15(13)22)9-14(21)19-12-8-10(16)3-4-11(12)17/h3-4,8,13H,2,5-7,9H2,1H3,(H,18,22)(H,19,21). The first-order chi connectivity index (χ1) is 10.5. The first-order valence-electron chi connectivity index (χ1n) is 7.28. The van der Waals surface area contributed by atoms with Crippen molar-refractivity contribution >= 4 is 40.7 Å². The van der Waals surface area contributed by atoms with Crippen LogP contribution in [-0.2, 0) is 9.59 Å². The zero-order valence-corrected chi connectivity index (χ0v) is 13.9. The Morgan fingerprint density at radius 1 is 1.45 bits per heavy atom. The fourth-order valence-electron chi connectivity index (χ4n) is 2.53. The van der Waals surface area contributed by atoms with Crippen molar-refractivity contribution in [3.05, 3.63) is 28.2 Å². The van der Waals surface area contributed by atoms with E-state index in [0.717, 1.165) is 12.8 Å². The maximum Gasteiger partial charge on any atom is 0.238 e. The van der Waals surface area contributed by atoms with Crippen LogP contribution in [0.4, 0.5) is 5.69 Å². The Morgan fingerprint density at radius 3 is 2.86 bits per heavy atom. The van der Waals surface area contributed by atoms with Crippen molar-refractivity contribution < 1.29 is 9.59 Å². The molecule has 7 heteroatoms. The van der Waals surface area contributed by atoms with Crippen LogP contribution < -0.4 is 10.6 Å². The van der Waals surface area contributed by atoms with Gasteiger partial charge in [0, 0.05) is 11.6 Å². The number of hydrogen-bond acceptors (Lipinski definition) is 3. The zero-order valence-electron chi connectivity index (χ0n) is 12.4. The molecule has 22 heavy (non-hydrogen) atoms. The fraction of sp³-hybridized carbons (Fsp3) is 0.467. The number of benzene rings is 1. The van der Waals surface area contributed by atoms with Gasteiger partial charge in [0.15, 0.2) is 0 Å². The third-order valence-electron chi connectivity index (χ3n) is 3.52. The molecular formula is C15H19Cl2N3O2. The van der Waals surface area contributed by atoms with Crippen LogP contribution in [0, 0.1) is 0 Å². The van der Waals surface area contributed by atoms with Crippen molar-refractivity contribution in [3.63, 3.8) is 0 Å². The lowest BCUT2D eigenvalue weighted by molar-refractivity contribution is -0.125. The lowest BCUT2D eigenvalue weighted by atomic mass is 10.2. The highest BCUT2D eigenvalue weighted by Gasteiger charge is 2.30. The van der Waals surface area contributed by atoms with E-state index in [0.29, 0.717) is 28.8 Å². The van der Waals surface area contributed by atoms with E-state index < -0.39 is 0 Å². The minimum Gasteiger partial charge on any atom is -0.355 e. The number of nitrogens with one attached hydrogen (secondary N) is 2. The summed E-state index contributed by atoms with van der Waals surface area (Å²) >= 11 is 11.9. The summed E-state index contributed by atoms with van der Waals surface area (Å²) in [5.74, 6) is -0.223. The summed E-state index contributed by atoms with van der Waals surface area (Å²) < 4.78 is 0. The van der Waals surface area contributed by atoms with Crippen molar-refractivity contribution in [1.29, 1.82) is 0 Å². The molecule has 5 nitrogen and oxygen atoms in total. The smallest absolute Gasteiger partial charge is 0.238 e. The van der Waals surface area contributed by atoms with Crippen LogP contribution in [0.25, 0.3) is 0 Å². The summed E-state index contributed by atoms with van der Waals surface area (Å²) in [6.07, 6.45) is 1.60. The second kappa shape index (κ2) is 7.81. The van der Waals surface area contributed by atoms with E-state index in [1.165, 1.54) is 0 Å². The van der Waals surface area contributed by atoms with Crippen molar-refractivity contribution in [3.8, 4) is 0 Å². The Balaban J connectivity index is 2.01. The minimum atomic E-state index is -0.236. The third kappa shape index (κ3) is 4.35. The number of halogens is 2. The average Bonchev–Trinajstić information content (AvgIpc) is 2.88. The lowest BCUT2D eigenvalue weighted by Crippen LogP contribution is -2.45. The van der Waals surface area contributed by atoms with Gasteiger partial charge in [-0.2, -0.15) is 0 Å². The molecule has 1 aromatic carbocycles. The highest BCUT2D eigenvalue weighted by atomic mass is 35.5. The van der Waals surface area contributed by atoms with Crippen LogP contribution in [0.15, 0.2) is 18.2 Å². The Labute approximate surface area is 139 Å².